The maximum absolute atomic E-state index is 12.6. The maximum atomic E-state index is 12.6. The molecule has 1 atom stereocenters. The van der Waals surface area contributed by atoms with Gasteiger partial charge in [0.15, 0.2) is 0 Å². The van der Waals surface area contributed by atoms with Gasteiger partial charge in [-0.3, -0.25) is 4.79 Å². The van der Waals surface area contributed by atoms with Gasteiger partial charge in [-0.1, -0.05) is 12.1 Å². The lowest BCUT2D eigenvalue weighted by Crippen LogP contribution is -2.29. The molecular formula is C18H19F3N2O4S. The van der Waals surface area contributed by atoms with Crippen molar-refractivity contribution in [2.75, 3.05) is 11.9 Å². The van der Waals surface area contributed by atoms with Gasteiger partial charge in [-0.25, -0.2) is 13.1 Å². The summed E-state index contributed by atoms with van der Waals surface area (Å²) in [6.45, 7) is 2.46. The number of alkyl halides is 3. The van der Waals surface area contributed by atoms with Crippen LogP contribution in [0.25, 0.3) is 0 Å². The van der Waals surface area contributed by atoms with Crippen LogP contribution in [0.1, 0.15) is 29.7 Å². The summed E-state index contributed by atoms with van der Waals surface area (Å²) in [6, 6.07) is 8.05. The van der Waals surface area contributed by atoms with Crippen molar-refractivity contribution in [2.45, 2.75) is 31.0 Å². The van der Waals surface area contributed by atoms with E-state index >= 15 is 0 Å². The number of amides is 1. The molecule has 6 nitrogen and oxygen atoms in total. The lowest BCUT2D eigenvalue weighted by molar-refractivity contribution is -0.137. The largest absolute Gasteiger partial charge is 0.416 e. The van der Waals surface area contributed by atoms with Crippen molar-refractivity contribution >= 4 is 21.6 Å². The molecule has 0 aliphatic heterocycles. The van der Waals surface area contributed by atoms with E-state index in [1.54, 1.807) is 6.92 Å². The number of aliphatic hydroxyl groups excluding tert-OH is 1. The van der Waals surface area contributed by atoms with E-state index in [1.807, 2.05) is 0 Å². The highest BCUT2D eigenvalue weighted by molar-refractivity contribution is 7.89. The normalized spacial score (nSPS) is 13.2. The van der Waals surface area contributed by atoms with Crippen molar-refractivity contribution in [1.29, 1.82) is 0 Å². The zero-order chi connectivity index (χ0) is 21.1. The molecule has 0 bridgehead atoms. The highest BCUT2D eigenvalue weighted by Crippen LogP contribution is 2.30. The van der Waals surface area contributed by atoms with E-state index in [2.05, 4.69) is 10.0 Å². The summed E-state index contributed by atoms with van der Waals surface area (Å²) in [5, 5.41) is 12.6. The second-order valence-corrected chi connectivity index (χ2v) is 7.88. The monoisotopic (exact) mass is 416 g/mol. The van der Waals surface area contributed by atoms with E-state index in [9.17, 15) is 31.5 Å². The fraction of sp³-hybridized carbons (Fsp3) is 0.278. The van der Waals surface area contributed by atoms with Gasteiger partial charge in [-0.15, -0.1) is 0 Å². The Labute approximate surface area is 160 Å². The topological polar surface area (TPSA) is 95.5 Å². The average molecular weight is 416 g/mol. The number of halogens is 3. The first-order valence-corrected chi connectivity index (χ1v) is 9.61. The molecule has 10 heteroatoms. The second-order valence-electron chi connectivity index (χ2n) is 6.15. The average Bonchev–Trinajstić information content (AvgIpc) is 2.58. The third kappa shape index (κ3) is 5.54. The number of rotatable bonds is 6. The molecule has 0 aliphatic carbocycles. The van der Waals surface area contributed by atoms with Crippen molar-refractivity contribution in [1.82, 2.24) is 4.72 Å². The van der Waals surface area contributed by atoms with Gasteiger partial charge in [0, 0.05) is 19.2 Å². The first kappa shape index (κ1) is 21.9. The van der Waals surface area contributed by atoms with Crippen LogP contribution in [0.5, 0.6) is 0 Å². The number of hydrogen-bond donors (Lipinski definition) is 3. The van der Waals surface area contributed by atoms with Gasteiger partial charge in [-0.2, -0.15) is 13.2 Å². The first-order valence-electron chi connectivity index (χ1n) is 8.13. The van der Waals surface area contributed by atoms with Crippen LogP contribution in [0, 0.1) is 6.92 Å². The number of nitrogens with one attached hydrogen (secondary N) is 2. The summed E-state index contributed by atoms with van der Waals surface area (Å²) in [6.07, 6.45) is -5.82. The van der Waals surface area contributed by atoms with Crippen LogP contribution >= 0.6 is 0 Å². The summed E-state index contributed by atoms with van der Waals surface area (Å²) in [7, 11) is -3.97. The fourth-order valence-electron chi connectivity index (χ4n) is 2.51. The third-order valence-electron chi connectivity index (χ3n) is 3.87. The lowest BCUT2D eigenvalue weighted by atomic mass is 10.1. The summed E-state index contributed by atoms with van der Waals surface area (Å²) >= 11 is 0. The lowest BCUT2D eigenvalue weighted by Gasteiger charge is -2.15. The number of carbonyl (C=O) groups excluding carboxylic acids is 1. The van der Waals surface area contributed by atoms with Gasteiger partial charge >= 0.3 is 6.18 Å². The molecule has 0 aliphatic rings. The minimum atomic E-state index is -4.49. The number of aliphatic hydroxyl groups is 1. The molecule has 0 fully saturated rings. The van der Waals surface area contributed by atoms with E-state index in [0.717, 1.165) is 24.3 Å². The molecule has 28 heavy (non-hydrogen) atoms. The van der Waals surface area contributed by atoms with E-state index in [1.165, 1.54) is 25.1 Å². The second kappa shape index (κ2) is 8.29. The van der Waals surface area contributed by atoms with Crippen LogP contribution in [-0.4, -0.2) is 26.0 Å². The maximum Gasteiger partial charge on any atom is 0.416 e. The smallest absolute Gasteiger partial charge is 0.387 e. The number of hydrogen-bond acceptors (Lipinski definition) is 4. The predicted molar refractivity (Wildman–Crippen MR) is 97.1 cm³/mol. The highest BCUT2D eigenvalue weighted by Gasteiger charge is 2.30. The molecule has 2 aromatic rings. The van der Waals surface area contributed by atoms with Gasteiger partial charge in [0.25, 0.3) is 0 Å². The number of benzene rings is 2. The van der Waals surface area contributed by atoms with Crippen LogP contribution in [0.15, 0.2) is 47.4 Å². The van der Waals surface area contributed by atoms with Crippen molar-refractivity contribution < 1.29 is 31.5 Å². The molecular weight excluding hydrogens is 397 g/mol. The molecule has 2 aromatic carbocycles. The fourth-order valence-corrected chi connectivity index (χ4v) is 3.77. The molecule has 1 unspecified atom stereocenters. The van der Waals surface area contributed by atoms with Gasteiger partial charge in [0.2, 0.25) is 15.9 Å². The number of sulfonamides is 1. The zero-order valence-corrected chi connectivity index (χ0v) is 15.9. The summed E-state index contributed by atoms with van der Waals surface area (Å²) in [4.78, 5) is 11.0. The van der Waals surface area contributed by atoms with Crippen LogP contribution in [0.2, 0.25) is 0 Å². The van der Waals surface area contributed by atoms with Gasteiger partial charge in [0.1, 0.15) is 0 Å². The molecule has 0 aromatic heterocycles. The summed E-state index contributed by atoms with van der Waals surface area (Å²) in [5.41, 5.74) is 0.101. The minimum absolute atomic E-state index is 0.0405. The summed E-state index contributed by atoms with van der Waals surface area (Å²) < 4.78 is 64.8. The number of aryl methyl sites for hydroxylation is 1. The first-order chi connectivity index (χ1) is 12.9. The van der Waals surface area contributed by atoms with E-state index in [4.69, 9.17) is 0 Å². The molecule has 0 radical (unpaired) electrons. The van der Waals surface area contributed by atoms with E-state index in [-0.39, 0.29) is 16.4 Å². The van der Waals surface area contributed by atoms with Gasteiger partial charge in [-0.05, 0) is 48.4 Å². The van der Waals surface area contributed by atoms with Crippen LogP contribution in [0.3, 0.4) is 0 Å². The Hall–Kier alpha value is -2.43. The van der Waals surface area contributed by atoms with Gasteiger partial charge < -0.3 is 10.4 Å². The molecule has 152 valence electrons. The SMILES string of the molecule is CC(=O)Nc1ccc(S(=O)(=O)NCC(O)c2ccc(C(F)(F)F)cc2)c(C)c1. The predicted octanol–water partition coefficient (Wildman–Crippen LogP) is 2.98. The Morgan fingerprint density at radius 2 is 1.75 bits per heavy atom. The highest BCUT2D eigenvalue weighted by atomic mass is 32.2. The molecule has 2 rings (SSSR count). The standard InChI is InChI=1S/C18H19F3N2O4S/c1-11-9-15(23-12(2)24)7-8-17(11)28(26,27)22-10-16(25)13-3-5-14(6-4-13)18(19,20)21/h3-9,16,22,25H,10H2,1-2H3,(H,23,24). The van der Waals surface area contributed by atoms with Crippen molar-refractivity contribution in [3.8, 4) is 0 Å². The molecule has 0 saturated carbocycles. The Morgan fingerprint density at radius 3 is 2.25 bits per heavy atom. The minimum Gasteiger partial charge on any atom is -0.387 e. The number of carbonyl (C=O) groups is 1. The van der Waals surface area contributed by atoms with Crippen LogP contribution in [0.4, 0.5) is 18.9 Å². The van der Waals surface area contributed by atoms with Crippen molar-refractivity contribution in [2.24, 2.45) is 0 Å². The molecule has 0 heterocycles. The van der Waals surface area contributed by atoms with Crippen LogP contribution in [-0.2, 0) is 21.0 Å². The summed E-state index contributed by atoms with van der Waals surface area (Å²) in [5.74, 6) is -0.298. The quantitative estimate of drug-likeness (QED) is 0.675. The molecule has 0 saturated heterocycles. The Morgan fingerprint density at radius 1 is 1.14 bits per heavy atom. The van der Waals surface area contributed by atoms with E-state index in [0.29, 0.717) is 11.3 Å². The van der Waals surface area contributed by atoms with E-state index < -0.39 is 34.4 Å². The Balaban J connectivity index is 2.09. The van der Waals surface area contributed by atoms with Crippen LogP contribution < -0.4 is 10.0 Å². The molecule has 3 N–H and O–H groups in total. The molecule has 0 spiro atoms. The Bertz CT molecular complexity index is 958. The number of anilines is 1. The van der Waals surface area contributed by atoms with Crippen molar-refractivity contribution in [3.05, 3.63) is 59.2 Å². The van der Waals surface area contributed by atoms with Crippen molar-refractivity contribution in [3.63, 3.8) is 0 Å². The molecule has 1 amide bonds. The zero-order valence-electron chi connectivity index (χ0n) is 15.0. The third-order valence-corrected chi connectivity index (χ3v) is 5.46. The van der Waals surface area contributed by atoms with Gasteiger partial charge in [0.05, 0.1) is 16.6 Å². The Kier molecular flexibility index (Phi) is 6.48.